The lowest BCUT2D eigenvalue weighted by Gasteiger charge is -2.25. The van der Waals surface area contributed by atoms with Gasteiger partial charge in [0.05, 0.1) is 5.41 Å². The van der Waals surface area contributed by atoms with E-state index in [9.17, 15) is 9.59 Å². The lowest BCUT2D eigenvalue weighted by Crippen LogP contribution is -2.43. The van der Waals surface area contributed by atoms with Crippen molar-refractivity contribution >= 4 is 11.6 Å². The molecule has 0 aromatic rings. The van der Waals surface area contributed by atoms with Crippen molar-refractivity contribution in [2.24, 2.45) is 11.1 Å². The molecule has 0 rings (SSSR count). The Hall–Kier alpha value is -0.700. The van der Waals surface area contributed by atoms with Crippen LogP contribution in [0.5, 0.6) is 0 Å². The molecule has 0 aromatic carbocycles. The first-order chi connectivity index (χ1) is 18.5. The van der Waals surface area contributed by atoms with Crippen LogP contribution in [-0.4, -0.2) is 18.1 Å². The third-order valence-corrected chi connectivity index (χ3v) is 8.65. The summed E-state index contributed by atoms with van der Waals surface area (Å²) >= 11 is 0. The molecule has 0 amide bonds. The summed E-state index contributed by atoms with van der Waals surface area (Å²) in [4.78, 5) is 25.7. The normalized spacial score (nSPS) is 11.8. The zero-order valence-electron chi connectivity index (χ0n) is 26.4. The molecule has 0 aliphatic heterocycles. The van der Waals surface area contributed by atoms with Crippen LogP contribution in [0.4, 0.5) is 0 Å². The van der Waals surface area contributed by atoms with Crippen LogP contribution in [0.1, 0.15) is 201 Å². The summed E-state index contributed by atoms with van der Waals surface area (Å²) in [6.45, 7) is 6.49. The van der Waals surface area contributed by atoms with Gasteiger partial charge >= 0.3 is 0 Å². The molecule has 0 saturated carbocycles. The molecule has 0 unspecified atom stereocenters. The Morgan fingerprint density at radius 1 is 0.421 bits per heavy atom. The predicted octanol–water partition coefficient (Wildman–Crippen LogP) is 11.1. The molecule has 3 nitrogen and oxygen atoms in total. The Bertz CT molecular complexity index is 488. The second-order valence-electron chi connectivity index (χ2n) is 12.4. The van der Waals surface area contributed by atoms with Gasteiger partial charge in [-0.2, -0.15) is 0 Å². The molecule has 0 saturated heterocycles. The molecule has 3 heteroatoms. The fraction of sp³-hybridized carbons (Fsp3) is 0.943. The fourth-order valence-electron chi connectivity index (χ4n) is 5.54. The number of unbranched alkanes of at least 4 members (excludes halogenated alkanes) is 24. The van der Waals surface area contributed by atoms with Gasteiger partial charge in [-0.05, 0) is 19.8 Å². The molecule has 0 atom stereocenters. The van der Waals surface area contributed by atoms with E-state index in [0.29, 0.717) is 12.8 Å². The van der Waals surface area contributed by atoms with E-state index >= 15 is 0 Å². The Morgan fingerprint density at radius 2 is 0.632 bits per heavy atom. The number of rotatable bonds is 31. The molecule has 0 radical (unpaired) electrons. The lowest BCUT2D eigenvalue weighted by atomic mass is 9.77. The average Bonchev–Trinajstić information content (AvgIpc) is 2.93. The van der Waals surface area contributed by atoms with E-state index in [1.165, 1.54) is 141 Å². The topological polar surface area (TPSA) is 60.2 Å². The number of hydrogen-bond acceptors (Lipinski definition) is 3. The van der Waals surface area contributed by atoms with Gasteiger partial charge in [0, 0.05) is 19.4 Å². The molecular formula is C35H69NO2. The highest BCUT2D eigenvalue weighted by Gasteiger charge is 2.37. The van der Waals surface area contributed by atoms with E-state index in [-0.39, 0.29) is 18.1 Å². The maximum absolute atomic E-state index is 12.9. The van der Waals surface area contributed by atoms with Gasteiger partial charge in [0.25, 0.3) is 0 Å². The van der Waals surface area contributed by atoms with Crippen LogP contribution in [0, 0.1) is 5.41 Å². The Morgan fingerprint density at radius 3 is 0.842 bits per heavy atom. The second kappa shape index (κ2) is 27.9. The molecule has 0 aliphatic carbocycles. The third kappa shape index (κ3) is 21.2. The first-order valence-corrected chi connectivity index (χ1v) is 17.3. The van der Waals surface area contributed by atoms with Crippen LogP contribution in [-0.2, 0) is 9.59 Å². The summed E-state index contributed by atoms with van der Waals surface area (Å²) in [6.07, 6.45) is 34.7. The zero-order chi connectivity index (χ0) is 28.2. The van der Waals surface area contributed by atoms with Crippen LogP contribution in [0.25, 0.3) is 0 Å². The predicted molar refractivity (Wildman–Crippen MR) is 168 cm³/mol. The first kappa shape index (κ1) is 37.3. The second-order valence-corrected chi connectivity index (χ2v) is 12.4. The van der Waals surface area contributed by atoms with E-state index in [0.717, 1.165) is 25.7 Å². The van der Waals surface area contributed by atoms with Gasteiger partial charge in [-0.15, -0.1) is 0 Å². The summed E-state index contributed by atoms with van der Waals surface area (Å²) in [6, 6.07) is 0. The van der Waals surface area contributed by atoms with Gasteiger partial charge < -0.3 is 5.73 Å². The summed E-state index contributed by atoms with van der Waals surface area (Å²) < 4.78 is 0. The average molecular weight is 536 g/mol. The number of nitrogens with two attached hydrogens (primary N) is 1. The Labute approximate surface area is 239 Å². The molecule has 0 aromatic heterocycles. The molecular weight excluding hydrogens is 466 g/mol. The van der Waals surface area contributed by atoms with Crippen molar-refractivity contribution in [1.29, 1.82) is 0 Å². The lowest BCUT2D eigenvalue weighted by molar-refractivity contribution is -0.139. The molecule has 38 heavy (non-hydrogen) atoms. The largest absolute Gasteiger partial charge is 0.329 e. The number of carbonyl (C=O) groups is 2. The van der Waals surface area contributed by atoms with E-state index in [1.54, 1.807) is 6.92 Å². The molecule has 0 spiro atoms. The van der Waals surface area contributed by atoms with E-state index in [1.807, 2.05) is 0 Å². The first-order valence-electron chi connectivity index (χ1n) is 17.3. The molecule has 0 aliphatic rings. The van der Waals surface area contributed by atoms with Crippen molar-refractivity contribution in [3.05, 3.63) is 0 Å². The molecule has 0 fully saturated rings. The summed E-state index contributed by atoms with van der Waals surface area (Å²) in [5, 5.41) is 0. The highest BCUT2D eigenvalue weighted by Crippen LogP contribution is 2.25. The monoisotopic (exact) mass is 536 g/mol. The van der Waals surface area contributed by atoms with Crippen molar-refractivity contribution in [1.82, 2.24) is 0 Å². The maximum atomic E-state index is 12.9. The highest BCUT2D eigenvalue weighted by molar-refractivity contribution is 6.06. The minimum atomic E-state index is -0.964. The maximum Gasteiger partial charge on any atom is 0.147 e. The van der Waals surface area contributed by atoms with Gasteiger partial charge in [0.2, 0.25) is 0 Å². The number of ketones is 2. The number of carbonyl (C=O) groups excluding carboxylic acids is 2. The van der Waals surface area contributed by atoms with Gasteiger partial charge in [-0.1, -0.05) is 168 Å². The van der Waals surface area contributed by atoms with Crippen molar-refractivity contribution in [3.8, 4) is 0 Å². The van der Waals surface area contributed by atoms with Crippen LogP contribution < -0.4 is 5.73 Å². The smallest absolute Gasteiger partial charge is 0.147 e. The van der Waals surface area contributed by atoms with Gasteiger partial charge in [0.15, 0.2) is 0 Å². The molecule has 0 bridgehead atoms. The summed E-state index contributed by atoms with van der Waals surface area (Å²) in [7, 11) is 0. The summed E-state index contributed by atoms with van der Waals surface area (Å²) in [5.74, 6) is 0.144. The van der Waals surface area contributed by atoms with Crippen molar-refractivity contribution in [2.45, 2.75) is 201 Å². The van der Waals surface area contributed by atoms with Crippen LogP contribution in [0.15, 0.2) is 0 Å². The van der Waals surface area contributed by atoms with Crippen LogP contribution in [0.3, 0.4) is 0 Å². The minimum absolute atomic E-state index is 0.0720. The van der Waals surface area contributed by atoms with Crippen molar-refractivity contribution in [2.75, 3.05) is 6.54 Å². The molecule has 2 N–H and O–H groups in total. The van der Waals surface area contributed by atoms with Crippen molar-refractivity contribution in [3.63, 3.8) is 0 Å². The van der Waals surface area contributed by atoms with Crippen molar-refractivity contribution < 1.29 is 9.59 Å². The van der Waals surface area contributed by atoms with E-state index < -0.39 is 5.41 Å². The van der Waals surface area contributed by atoms with Gasteiger partial charge in [0.1, 0.15) is 11.6 Å². The number of Topliss-reactive ketones (excluding diaryl/α,β-unsaturated/α-hetero) is 2. The molecule has 226 valence electrons. The standard InChI is InChI=1S/C35H69NO2/c1-4-6-8-10-12-14-16-18-20-22-24-26-28-30-33(37)35(3,32-36)34(38)31-29-27-25-23-21-19-17-15-13-11-9-7-5-2/h4-32,36H2,1-3H3. The summed E-state index contributed by atoms with van der Waals surface area (Å²) in [5.41, 5.74) is 4.99. The van der Waals surface area contributed by atoms with Crippen LogP contribution in [0.2, 0.25) is 0 Å². The highest BCUT2D eigenvalue weighted by atomic mass is 16.2. The Kier molecular flexibility index (Phi) is 27.3. The van der Waals surface area contributed by atoms with Gasteiger partial charge in [-0.25, -0.2) is 0 Å². The third-order valence-electron chi connectivity index (χ3n) is 8.65. The molecule has 0 heterocycles. The zero-order valence-corrected chi connectivity index (χ0v) is 26.4. The van der Waals surface area contributed by atoms with Gasteiger partial charge in [-0.3, -0.25) is 9.59 Å². The minimum Gasteiger partial charge on any atom is -0.329 e. The van der Waals surface area contributed by atoms with E-state index in [4.69, 9.17) is 5.73 Å². The number of hydrogen-bond donors (Lipinski definition) is 1. The van der Waals surface area contributed by atoms with E-state index in [2.05, 4.69) is 13.8 Å². The quantitative estimate of drug-likeness (QED) is 0.0709. The fourth-order valence-corrected chi connectivity index (χ4v) is 5.54. The van der Waals surface area contributed by atoms with Crippen LogP contribution >= 0.6 is 0 Å². The SMILES string of the molecule is CCCCCCCCCCCCCCCC(=O)C(C)(CN)C(=O)CCCCCCCCCCCCCCC. The Balaban J connectivity index is 3.73.